The first-order valence-electron chi connectivity index (χ1n) is 6.49. The third kappa shape index (κ3) is 1.96. The third-order valence-electron chi connectivity index (χ3n) is 4.01. The Morgan fingerprint density at radius 3 is 1.84 bits per heavy atom. The summed E-state index contributed by atoms with van der Waals surface area (Å²) in [5.41, 5.74) is 2.68. The van der Waals surface area contributed by atoms with Crippen molar-refractivity contribution in [3.05, 3.63) is 34.4 Å². The fourth-order valence-electron chi connectivity index (χ4n) is 2.47. The minimum absolute atomic E-state index is 0.0491. The maximum Gasteiger partial charge on any atom is 0.262 e. The van der Waals surface area contributed by atoms with E-state index < -0.39 is 0 Å². The van der Waals surface area contributed by atoms with Crippen LogP contribution in [0.1, 0.15) is 45.7 Å². The van der Waals surface area contributed by atoms with Crippen molar-refractivity contribution in [3.63, 3.8) is 0 Å². The maximum absolute atomic E-state index is 12.5. The SMILES string of the molecule is Cc1ccc(C)c2c1C(=O)N(C(C)C(C)CO)C2=O. The van der Waals surface area contributed by atoms with Gasteiger partial charge in [0.1, 0.15) is 0 Å². The van der Waals surface area contributed by atoms with Crippen LogP contribution in [-0.4, -0.2) is 34.5 Å². The molecule has 0 fully saturated rings. The van der Waals surface area contributed by atoms with Crippen molar-refractivity contribution in [2.24, 2.45) is 5.92 Å². The molecule has 0 saturated carbocycles. The van der Waals surface area contributed by atoms with Crippen molar-refractivity contribution in [2.75, 3.05) is 6.61 Å². The standard InChI is InChI=1S/C15H19NO3/c1-8-5-6-9(2)13-12(8)14(18)16(15(13)19)11(4)10(3)7-17/h5-6,10-11,17H,7H2,1-4H3. The summed E-state index contributed by atoms with van der Waals surface area (Å²) < 4.78 is 0. The summed E-state index contributed by atoms with van der Waals surface area (Å²) in [6, 6.07) is 3.42. The molecule has 0 aliphatic carbocycles. The van der Waals surface area contributed by atoms with Crippen LogP contribution in [0.25, 0.3) is 0 Å². The van der Waals surface area contributed by atoms with E-state index in [1.165, 1.54) is 4.90 Å². The van der Waals surface area contributed by atoms with Gasteiger partial charge in [-0.2, -0.15) is 0 Å². The number of aliphatic hydroxyl groups excluding tert-OH is 1. The quantitative estimate of drug-likeness (QED) is 0.846. The lowest BCUT2D eigenvalue weighted by molar-refractivity contribution is 0.0515. The van der Waals surface area contributed by atoms with E-state index >= 15 is 0 Å². The maximum atomic E-state index is 12.5. The summed E-state index contributed by atoms with van der Waals surface area (Å²) in [5.74, 6) is -0.620. The van der Waals surface area contributed by atoms with E-state index in [0.29, 0.717) is 11.1 Å². The molecule has 1 aromatic rings. The van der Waals surface area contributed by atoms with Crippen LogP contribution in [-0.2, 0) is 0 Å². The minimum Gasteiger partial charge on any atom is -0.396 e. The number of hydrogen-bond acceptors (Lipinski definition) is 3. The van der Waals surface area contributed by atoms with Crippen molar-refractivity contribution >= 4 is 11.8 Å². The molecule has 0 radical (unpaired) electrons. The molecule has 2 amide bonds. The summed E-state index contributed by atoms with van der Waals surface area (Å²) >= 11 is 0. The number of carbonyl (C=O) groups is 2. The van der Waals surface area contributed by atoms with Gasteiger partial charge in [-0.3, -0.25) is 14.5 Å². The minimum atomic E-state index is -0.309. The normalized spacial score (nSPS) is 17.6. The molecular formula is C15H19NO3. The van der Waals surface area contributed by atoms with Gasteiger partial charge < -0.3 is 5.11 Å². The molecule has 4 heteroatoms. The second-order valence-electron chi connectivity index (χ2n) is 5.33. The number of fused-ring (bicyclic) bond motifs is 1. The molecule has 1 aromatic carbocycles. The number of nitrogens with zero attached hydrogens (tertiary/aromatic N) is 1. The third-order valence-corrected chi connectivity index (χ3v) is 4.01. The Morgan fingerprint density at radius 2 is 1.47 bits per heavy atom. The number of aryl methyl sites for hydroxylation is 2. The number of amides is 2. The molecular weight excluding hydrogens is 242 g/mol. The first kappa shape index (κ1) is 13.7. The zero-order chi connectivity index (χ0) is 14.3. The van der Waals surface area contributed by atoms with Gasteiger partial charge in [0.05, 0.1) is 11.1 Å². The van der Waals surface area contributed by atoms with E-state index in [1.54, 1.807) is 6.92 Å². The summed E-state index contributed by atoms with van der Waals surface area (Å²) in [6.07, 6.45) is 0. The fourth-order valence-corrected chi connectivity index (χ4v) is 2.47. The molecule has 1 aliphatic heterocycles. The Morgan fingerprint density at radius 1 is 1.05 bits per heavy atom. The molecule has 1 N–H and O–H groups in total. The van der Waals surface area contributed by atoms with Crippen LogP contribution in [0.3, 0.4) is 0 Å². The van der Waals surface area contributed by atoms with Gasteiger partial charge in [0.25, 0.3) is 11.8 Å². The molecule has 1 heterocycles. The molecule has 0 aromatic heterocycles. The van der Waals surface area contributed by atoms with E-state index in [1.807, 2.05) is 32.9 Å². The van der Waals surface area contributed by atoms with Gasteiger partial charge in [0, 0.05) is 12.6 Å². The molecule has 0 bridgehead atoms. The van der Waals surface area contributed by atoms with Crippen molar-refractivity contribution < 1.29 is 14.7 Å². The zero-order valence-corrected chi connectivity index (χ0v) is 11.7. The second kappa shape index (κ2) is 4.78. The monoisotopic (exact) mass is 261 g/mol. The fraction of sp³-hybridized carbons (Fsp3) is 0.467. The van der Waals surface area contributed by atoms with E-state index in [-0.39, 0.29) is 30.4 Å². The average molecular weight is 261 g/mol. The molecule has 0 saturated heterocycles. The summed E-state index contributed by atoms with van der Waals surface area (Å²) in [4.78, 5) is 26.2. The van der Waals surface area contributed by atoms with E-state index in [9.17, 15) is 14.7 Å². The summed E-state index contributed by atoms with van der Waals surface area (Å²) in [7, 11) is 0. The highest BCUT2D eigenvalue weighted by atomic mass is 16.3. The van der Waals surface area contributed by atoms with Crippen molar-refractivity contribution in [3.8, 4) is 0 Å². The Kier molecular flexibility index (Phi) is 3.45. The van der Waals surface area contributed by atoms with Gasteiger partial charge in [0.2, 0.25) is 0 Å². The molecule has 19 heavy (non-hydrogen) atoms. The van der Waals surface area contributed by atoms with Crippen LogP contribution in [0.15, 0.2) is 12.1 Å². The molecule has 2 atom stereocenters. The smallest absolute Gasteiger partial charge is 0.262 e. The van der Waals surface area contributed by atoms with Crippen LogP contribution in [0.2, 0.25) is 0 Å². The Labute approximate surface area is 113 Å². The summed E-state index contributed by atoms with van der Waals surface area (Å²) in [5, 5.41) is 9.21. The lowest BCUT2D eigenvalue weighted by Gasteiger charge is -2.26. The number of imide groups is 1. The van der Waals surface area contributed by atoms with Crippen LogP contribution in [0.5, 0.6) is 0 Å². The van der Waals surface area contributed by atoms with Gasteiger partial charge in [-0.05, 0) is 37.8 Å². The van der Waals surface area contributed by atoms with Crippen LogP contribution < -0.4 is 0 Å². The number of rotatable bonds is 3. The first-order chi connectivity index (χ1) is 8.90. The zero-order valence-electron chi connectivity index (χ0n) is 11.7. The van der Waals surface area contributed by atoms with E-state index in [0.717, 1.165) is 11.1 Å². The molecule has 4 nitrogen and oxygen atoms in total. The number of hydrogen-bond donors (Lipinski definition) is 1. The van der Waals surface area contributed by atoms with Crippen molar-refractivity contribution in [1.82, 2.24) is 4.90 Å². The van der Waals surface area contributed by atoms with Gasteiger partial charge in [0.15, 0.2) is 0 Å². The Balaban J connectivity index is 2.51. The van der Waals surface area contributed by atoms with Crippen LogP contribution >= 0.6 is 0 Å². The van der Waals surface area contributed by atoms with Crippen LogP contribution in [0, 0.1) is 19.8 Å². The highest BCUT2D eigenvalue weighted by Crippen LogP contribution is 2.31. The number of benzene rings is 1. The first-order valence-corrected chi connectivity index (χ1v) is 6.49. The highest BCUT2D eigenvalue weighted by molar-refractivity contribution is 6.22. The van der Waals surface area contributed by atoms with Crippen molar-refractivity contribution in [1.29, 1.82) is 0 Å². The summed E-state index contributed by atoms with van der Waals surface area (Å²) in [6.45, 7) is 7.26. The highest BCUT2D eigenvalue weighted by Gasteiger charge is 2.41. The molecule has 2 unspecified atom stereocenters. The average Bonchev–Trinajstić information content (AvgIpc) is 2.65. The van der Waals surface area contributed by atoms with Crippen LogP contribution in [0.4, 0.5) is 0 Å². The lowest BCUT2D eigenvalue weighted by atomic mass is 9.99. The second-order valence-corrected chi connectivity index (χ2v) is 5.33. The van der Waals surface area contributed by atoms with Gasteiger partial charge in [-0.25, -0.2) is 0 Å². The van der Waals surface area contributed by atoms with Crippen molar-refractivity contribution in [2.45, 2.75) is 33.7 Å². The molecule has 0 spiro atoms. The Hall–Kier alpha value is -1.68. The predicted octanol–water partition coefficient (Wildman–Crippen LogP) is 1.92. The van der Waals surface area contributed by atoms with Gasteiger partial charge >= 0.3 is 0 Å². The largest absolute Gasteiger partial charge is 0.396 e. The molecule has 2 rings (SSSR count). The predicted molar refractivity (Wildman–Crippen MR) is 72.1 cm³/mol. The van der Waals surface area contributed by atoms with E-state index in [2.05, 4.69) is 0 Å². The topological polar surface area (TPSA) is 57.6 Å². The lowest BCUT2D eigenvalue weighted by Crippen LogP contribution is -2.42. The molecule has 102 valence electrons. The molecule has 1 aliphatic rings. The number of carbonyl (C=O) groups excluding carboxylic acids is 2. The Bertz CT molecular complexity index is 510. The van der Waals surface area contributed by atoms with E-state index in [4.69, 9.17) is 0 Å². The number of aliphatic hydroxyl groups is 1. The van der Waals surface area contributed by atoms with Gasteiger partial charge in [-0.1, -0.05) is 19.1 Å². The van der Waals surface area contributed by atoms with Gasteiger partial charge in [-0.15, -0.1) is 0 Å².